The summed E-state index contributed by atoms with van der Waals surface area (Å²) in [5.74, 6) is -0.118. The summed E-state index contributed by atoms with van der Waals surface area (Å²) in [6, 6.07) is 21.4. The fraction of sp³-hybridized carbons (Fsp3) is 0.162. The van der Waals surface area contributed by atoms with Gasteiger partial charge in [0.05, 0.1) is 40.7 Å². The minimum absolute atomic E-state index is 0.220. The second-order valence-corrected chi connectivity index (χ2v) is 11.8. The Morgan fingerprint density at radius 2 is 1.73 bits per heavy atom. The Balaban J connectivity index is 1.08. The van der Waals surface area contributed by atoms with E-state index in [1.807, 2.05) is 48.5 Å². The molecule has 0 unspecified atom stereocenters. The number of fused-ring (bicyclic) bond motifs is 2. The number of ether oxygens (including phenoxy) is 1. The summed E-state index contributed by atoms with van der Waals surface area (Å²) in [4.78, 5) is 32.1. The van der Waals surface area contributed by atoms with E-state index in [0.29, 0.717) is 46.3 Å². The predicted octanol–water partition coefficient (Wildman–Crippen LogP) is 7.10. The molecule has 1 amide bonds. The van der Waals surface area contributed by atoms with Gasteiger partial charge in [0.2, 0.25) is 0 Å². The number of benzene rings is 2. The zero-order chi connectivity index (χ0) is 32.5. The molecule has 238 valence electrons. The lowest BCUT2D eigenvalue weighted by Crippen LogP contribution is -2.25. The summed E-state index contributed by atoms with van der Waals surface area (Å²) in [6.45, 7) is 3.49. The molecule has 8 rings (SSSR count). The Morgan fingerprint density at radius 3 is 2.60 bits per heavy atom. The quantitative estimate of drug-likeness (QED) is 0.154. The molecule has 0 bridgehead atoms. The van der Waals surface area contributed by atoms with E-state index in [4.69, 9.17) is 4.74 Å². The molecule has 10 nitrogen and oxygen atoms in total. The van der Waals surface area contributed by atoms with Crippen LogP contribution in [0.1, 0.15) is 23.2 Å². The molecule has 0 radical (unpaired) electrons. The van der Waals surface area contributed by atoms with Gasteiger partial charge in [-0.2, -0.15) is 5.10 Å². The van der Waals surface area contributed by atoms with Gasteiger partial charge in [-0.05, 0) is 74.5 Å². The first-order chi connectivity index (χ1) is 23.6. The zero-order valence-corrected chi connectivity index (χ0v) is 25.9. The Hall–Kier alpha value is -5.94. The first-order valence-corrected chi connectivity index (χ1v) is 15.9. The Labute approximate surface area is 275 Å². The number of halogens is 1. The summed E-state index contributed by atoms with van der Waals surface area (Å²) in [5, 5.41) is 12.3. The van der Waals surface area contributed by atoms with Crippen LogP contribution in [0, 0.1) is 5.82 Å². The Kier molecular flexibility index (Phi) is 7.79. The Morgan fingerprint density at radius 1 is 0.875 bits per heavy atom. The van der Waals surface area contributed by atoms with Crippen LogP contribution >= 0.6 is 0 Å². The molecular weight excluding hydrogens is 607 g/mol. The van der Waals surface area contributed by atoms with Crippen LogP contribution in [0.25, 0.3) is 55.7 Å². The number of rotatable bonds is 9. The number of anilines is 1. The van der Waals surface area contributed by atoms with Crippen molar-refractivity contribution >= 4 is 33.4 Å². The standard InChI is InChI=1S/C37H31FN8O2/c38-26-14-24(16-28(17-26)48-13-12-46-10-4-5-11-46)35-29-19-33(43-31(29)8-9-40-35)36-30-18-32(41-22-34(30)44-45-36)25-15-27(21-39-20-25)42-37(47)23-6-2-1-3-7-23/h1-3,6-9,14-22,43H,4-5,10-13H2,(H,42,47)(H,44,45). The normalized spacial score (nSPS) is 13.4. The van der Waals surface area contributed by atoms with E-state index < -0.39 is 0 Å². The molecular formula is C37H31FN8O2. The van der Waals surface area contributed by atoms with Gasteiger partial charge in [0, 0.05) is 58.0 Å². The highest BCUT2D eigenvalue weighted by molar-refractivity contribution is 6.04. The van der Waals surface area contributed by atoms with E-state index in [1.165, 1.54) is 25.0 Å². The molecule has 0 aliphatic carbocycles. The molecule has 1 saturated heterocycles. The summed E-state index contributed by atoms with van der Waals surface area (Å²) >= 11 is 0. The van der Waals surface area contributed by atoms with Crippen molar-refractivity contribution in [3.8, 4) is 39.7 Å². The SMILES string of the molecule is O=C(Nc1cncc(-c2cc3c(-c4cc5c(-c6cc(F)cc(OCCN7CCCC7)c6)nccc5[nH]4)n[nH]c3cn2)c1)c1ccccc1. The second-order valence-electron chi connectivity index (χ2n) is 11.8. The van der Waals surface area contributed by atoms with Crippen molar-refractivity contribution in [3.05, 3.63) is 109 Å². The van der Waals surface area contributed by atoms with Gasteiger partial charge in [-0.3, -0.25) is 29.7 Å². The number of aromatic amines is 2. The molecule has 7 aromatic rings. The summed E-state index contributed by atoms with van der Waals surface area (Å²) in [7, 11) is 0. The van der Waals surface area contributed by atoms with Gasteiger partial charge in [0.25, 0.3) is 5.91 Å². The number of likely N-dealkylation sites (tertiary alicyclic amines) is 1. The van der Waals surface area contributed by atoms with Crippen molar-refractivity contribution in [2.24, 2.45) is 0 Å². The van der Waals surface area contributed by atoms with E-state index >= 15 is 0 Å². The summed E-state index contributed by atoms with van der Waals surface area (Å²) in [6.07, 6.45) is 9.17. The van der Waals surface area contributed by atoms with Crippen molar-refractivity contribution < 1.29 is 13.9 Å². The number of H-pyrrole nitrogens is 2. The maximum absolute atomic E-state index is 14.8. The van der Waals surface area contributed by atoms with Crippen LogP contribution in [0.3, 0.4) is 0 Å². The molecule has 1 fully saturated rings. The third-order valence-corrected chi connectivity index (χ3v) is 8.60. The molecule has 5 aromatic heterocycles. The average Bonchev–Trinajstić information content (AvgIpc) is 3.88. The third-order valence-electron chi connectivity index (χ3n) is 8.60. The van der Waals surface area contributed by atoms with E-state index in [9.17, 15) is 9.18 Å². The lowest BCUT2D eigenvalue weighted by atomic mass is 10.1. The van der Waals surface area contributed by atoms with Crippen LogP contribution in [-0.2, 0) is 0 Å². The number of aromatic nitrogens is 6. The topological polar surface area (TPSA) is 125 Å². The monoisotopic (exact) mass is 638 g/mol. The van der Waals surface area contributed by atoms with Gasteiger partial charge >= 0.3 is 0 Å². The minimum atomic E-state index is -0.380. The van der Waals surface area contributed by atoms with E-state index in [0.717, 1.165) is 52.7 Å². The van der Waals surface area contributed by atoms with Gasteiger partial charge in [-0.1, -0.05) is 18.2 Å². The number of hydrogen-bond acceptors (Lipinski definition) is 7. The van der Waals surface area contributed by atoms with E-state index in [2.05, 4.69) is 40.3 Å². The number of carbonyl (C=O) groups is 1. The molecule has 1 aliphatic rings. The number of carbonyl (C=O) groups excluding carboxylic acids is 1. The summed E-state index contributed by atoms with van der Waals surface area (Å²) < 4.78 is 20.8. The predicted molar refractivity (Wildman–Crippen MR) is 183 cm³/mol. The number of amides is 1. The molecule has 3 N–H and O–H groups in total. The van der Waals surface area contributed by atoms with E-state index in [1.54, 1.807) is 36.9 Å². The highest BCUT2D eigenvalue weighted by Gasteiger charge is 2.17. The van der Waals surface area contributed by atoms with Gasteiger partial charge in [-0.15, -0.1) is 0 Å². The van der Waals surface area contributed by atoms with Crippen LogP contribution in [0.2, 0.25) is 0 Å². The second kappa shape index (κ2) is 12.7. The fourth-order valence-corrected chi connectivity index (χ4v) is 6.21. The molecule has 2 aromatic carbocycles. The van der Waals surface area contributed by atoms with Gasteiger partial charge in [0.15, 0.2) is 0 Å². The van der Waals surface area contributed by atoms with Crippen LogP contribution in [0.5, 0.6) is 5.75 Å². The molecule has 0 spiro atoms. The molecule has 6 heterocycles. The zero-order valence-electron chi connectivity index (χ0n) is 25.9. The highest BCUT2D eigenvalue weighted by atomic mass is 19.1. The van der Waals surface area contributed by atoms with Gasteiger partial charge in [0.1, 0.15) is 23.9 Å². The fourth-order valence-electron chi connectivity index (χ4n) is 6.21. The smallest absolute Gasteiger partial charge is 0.255 e. The average molecular weight is 639 g/mol. The number of pyridine rings is 3. The third kappa shape index (κ3) is 5.98. The number of nitrogens with zero attached hydrogens (tertiary/aromatic N) is 5. The first kappa shape index (κ1) is 29.5. The highest BCUT2D eigenvalue weighted by Crippen LogP contribution is 2.35. The number of nitrogens with one attached hydrogen (secondary N) is 3. The first-order valence-electron chi connectivity index (χ1n) is 15.9. The van der Waals surface area contributed by atoms with Crippen LogP contribution in [0.4, 0.5) is 10.1 Å². The molecule has 11 heteroatoms. The minimum Gasteiger partial charge on any atom is -0.492 e. The van der Waals surface area contributed by atoms with Crippen molar-refractivity contribution in [3.63, 3.8) is 0 Å². The molecule has 0 saturated carbocycles. The van der Waals surface area contributed by atoms with Crippen LogP contribution in [0.15, 0.2) is 97.6 Å². The van der Waals surface area contributed by atoms with Crippen LogP contribution in [-0.4, -0.2) is 67.2 Å². The van der Waals surface area contributed by atoms with Crippen molar-refractivity contribution in [1.82, 2.24) is 35.0 Å². The lowest BCUT2D eigenvalue weighted by molar-refractivity contribution is 0.102. The molecule has 0 atom stereocenters. The lowest BCUT2D eigenvalue weighted by Gasteiger charge is -2.15. The van der Waals surface area contributed by atoms with Crippen LogP contribution < -0.4 is 10.1 Å². The summed E-state index contributed by atoms with van der Waals surface area (Å²) in [5.41, 5.74) is 6.86. The van der Waals surface area contributed by atoms with Crippen molar-refractivity contribution in [2.45, 2.75) is 12.8 Å². The van der Waals surface area contributed by atoms with Crippen molar-refractivity contribution in [2.75, 3.05) is 31.6 Å². The largest absolute Gasteiger partial charge is 0.492 e. The van der Waals surface area contributed by atoms with Gasteiger partial charge < -0.3 is 15.0 Å². The van der Waals surface area contributed by atoms with E-state index in [-0.39, 0.29) is 11.7 Å². The number of hydrogen-bond donors (Lipinski definition) is 3. The van der Waals surface area contributed by atoms with Gasteiger partial charge in [-0.25, -0.2) is 4.39 Å². The molecule has 1 aliphatic heterocycles. The van der Waals surface area contributed by atoms with Crippen molar-refractivity contribution in [1.29, 1.82) is 0 Å². The molecule has 48 heavy (non-hydrogen) atoms. The Bertz CT molecular complexity index is 2260. The maximum atomic E-state index is 14.8. The maximum Gasteiger partial charge on any atom is 0.255 e.